The number of anilines is 1. The van der Waals surface area contributed by atoms with E-state index in [2.05, 4.69) is 5.32 Å². The van der Waals surface area contributed by atoms with Gasteiger partial charge in [-0.05, 0) is 55.8 Å². The van der Waals surface area contributed by atoms with Gasteiger partial charge in [0, 0.05) is 24.8 Å². The van der Waals surface area contributed by atoms with Gasteiger partial charge < -0.3 is 10.1 Å². The minimum Gasteiger partial charge on any atom is -0.494 e. The van der Waals surface area contributed by atoms with Crippen molar-refractivity contribution in [3.63, 3.8) is 0 Å². The van der Waals surface area contributed by atoms with Gasteiger partial charge in [0.05, 0.1) is 11.5 Å². The van der Waals surface area contributed by atoms with Gasteiger partial charge >= 0.3 is 0 Å². The van der Waals surface area contributed by atoms with Gasteiger partial charge in [0.2, 0.25) is 10.0 Å². The highest BCUT2D eigenvalue weighted by Crippen LogP contribution is 2.19. The Morgan fingerprint density at radius 3 is 2.44 bits per heavy atom. The van der Waals surface area contributed by atoms with Crippen molar-refractivity contribution in [2.75, 3.05) is 25.5 Å². The summed E-state index contributed by atoms with van der Waals surface area (Å²) in [5.41, 5.74) is 0.894. The van der Waals surface area contributed by atoms with Crippen molar-refractivity contribution in [1.29, 1.82) is 0 Å². The Kier molecular flexibility index (Phi) is 7.38. The molecule has 0 radical (unpaired) electrons. The highest BCUT2D eigenvalue weighted by molar-refractivity contribution is 7.89. The number of hydrogen-bond acceptors (Lipinski definition) is 4. The molecule has 2 aromatic carbocycles. The molecule has 0 heterocycles. The molecule has 0 unspecified atom stereocenters. The van der Waals surface area contributed by atoms with Gasteiger partial charge in [-0.3, -0.25) is 4.79 Å². The fourth-order valence-corrected chi connectivity index (χ4v) is 3.74. The second kappa shape index (κ2) is 9.53. The summed E-state index contributed by atoms with van der Waals surface area (Å²) in [6.07, 6.45) is 1.69. The third kappa shape index (κ3) is 5.55. The Hall–Kier alpha value is -2.38. The van der Waals surface area contributed by atoms with Crippen LogP contribution in [0.5, 0.6) is 5.75 Å². The Morgan fingerprint density at radius 2 is 1.81 bits per heavy atom. The van der Waals surface area contributed by atoms with Crippen LogP contribution in [0.2, 0.25) is 0 Å². The predicted octanol–water partition coefficient (Wildman–Crippen LogP) is 3.76. The zero-order valence-electron chi connectivity index (χ0n) is 15.9. The fraction of sp³-hybridized carbons (Fsp3) is 0.350. The summed E-state index contributed by atoms with van der Waals surface area (Å²) >= 11 is 0. The molecule has 0 saturated heterocycles. The Balaban J connectivity index is 2.15. The molecule has 0 aliphatic heterocycles. The number of carbonyl (C=O) groups is 1. The van der Waals surface area contributed by atoms with Gasteiger partial charge in [0.25, 0.3) is 5.91 Å². The number of benzene rings is 2. The summed E-state index contributed by atoms with van der Waals surface area (Å²) in [5.74, 6) is 0.353. The van der Waals surface area contributed by atoms with Crippen molar-refractivity contribution in [3.8, 4) is 5.75 Å². The predicted molar refractivity (Wildman–Crippen MR) is 107 cm³/mol. The number of carbonyl (C=O) groups excluding carboxylic acids is 1. The Labute approximate surface area is 161 Å². The topological polar surface area (TPSA) is 75.7 Å². The van der Waals surface area contributed by atoms with E-state index in [4.69, 9.17) is 4.74 Å². The number of sulfonamides is 1. The van der Waals surface area contributed by atoms with E-state index in [9.17, 15) is 13.2 Å². The van der Waals surface area contributed by atoms with Gasteiger partial charge in [-0.2, -0.15) is 0 Å². The molecule has 0 spiro atoms. The average Bonchev–Trinajstić information content (AvgIpc) is 2.67. The second-order valence-electron chi connectivity index (χ2n) is 6.12. The maximum Gasteiger partial charge on any atom is 0.255 e. The number of unbranched alkanes of at least 4 members (excludes halogenated alkanes) is 1. The number of amides is 1. The summed E-state index contributed by atoms with van der Waals surface area (Å²) in [5, 5.41) is 2.77. The van der Waals surface area contributed by atoms with Crippen molar-refractivity contribution >= 4 is 21.6 Å². The number of nitrogens with zero attached hydrogens (tertiary/aromatic N) is 1. The van der Waals surface area contributed by atoms with Gasteiger partial charge in [-0.15, -0.1) is 0 Å². The van der Waals surface area contributed by atoms with E-state index in [0.717, 1.165) is 18.6 Å². The van der Waals surface area contributed by atoms with Crippen LogP contribution in [0, 0.1) is 0 Å². The summed E-state index contributed by atoms with van der Waals surface area (Å²) < 4.78 is 32.0. The zero-order valence-corrected chi connectivity index (χ0v) is 16.8. The Morgan fingerprint density at radius 1 is 1.11 bits per heavy atom. The zero-order chi connectivity index (χ0) is 19.9. The molecule has 27 heavy (non-hydrogen) atoms. The van der Waals surface area contributed by atoms with Gasteiger partial charge in [-0.25, -0.2) is 12.7 Å². The van der Waals surface area contributed by atoms with Crippen LogP contribution in [-0.4, -0.2) is 38.8 Å². The third-order valence-corrected chi connectivity index (χ3v) is 5.91. The first kappa shape index (κ1) is 20.9. The molecule has 146 valence electrons. The maximum atomic E-state index is 12.7. The molecule has 2 rings (SSSR count). The van der Waals surface area contributed by atoms with E-state index in [1.165, 1.54) is 16.4 Å². The van der Waals surface area contributed by atoms with Crippen molar-refractivity contribution in [2.24, 2.45) is 0 Å². The van der Waals surface area contributed by atoms with Crippen LogP contribution in [0.25, 0.3) is 0 Å². The molecule has 1 N–H and O–H groups in total. The summed E-state index contributed by atoms with van der Waals surface area (Å²) in [7, 11) is -2.06. The van der Waals surface area contributed by atoms with Crippen molar-refractivity contribution in [3.05, 3.63) is 54.1 Å². The van der Waals surface area contributed by atoms with Crippen molar-refractivity contribution in [2.45, 2.75) is 31.6 Å². The lowest BCUT2D eigenvalue weighted by Gasteiger charge is -2.17. The fourth-order valence-electron chi connectivity index (χ4n) is 2.48. The molecule has 0 atom stereocenters. The SMILES string of the molecule is CCCCN(C)S(=O)(=O)c1cccc(C(=O)Nc2ccc(OCC)cc2)c1. The lowest BCUT2D eigenvalue weighted by Crippen LogP contribution is -2.28. The maximum absolute atomic E-state index is 12.7. The van der Waals surface area contributed by atoms with Crippen LogP contribution in [-0.2, 0) is 10.0 Å². The summed E-state index contributed by atoms with van der Waals surface area (Å²) in [4.78, 5) is 12.6. The molecule has 0 bridgehead atoms. The molecular formula is C20H26N2O4S. The van der Waals surface area contributed by atoms with Gasteiger partial charge in [0.15, 0.2) is 0 Å². The highest BCUT2D eigenvalue weighted by Gasteiger charge is 2.21. The average molecular weight is 391 g/mol. The van der Waals surface area contributed by atoms with E-state index < -0.39 is 10.0 Å². The number of nitrogens with one attached hydrogen (secondary N) is 1. The lowest BCUT2D eigenvalue weighted by atomic mass is 10.2. The van der Waals surface area contributed by atoms with Crippen LogP contribution in [0.4, 0.5) is 5.69 Å². The molecule has 0 saturated carbocycles. The quantitative estimate of drug-likeness (QED) is 0.707. The monoisotopic (exact) mass is 390 g/mol. The molecule has 2 aromatic rings. The number of ether oxygens (including phenoxy) is 1. The first-order chi connectivity index (χ1) is 12.9. The van der Waals surface area contributed by atoms with Crippen LogP contribution < -0.4 is 10.1 Å². The van der Waals surface area contributed by atoms with E-state index in [0.29, 0.717) is 18.8 Å². The summed E-state index contributed by atoms with van der Waals surface area (Å²) in [6, 6.07) is 13.1. The third-order valence-electron chi connectivity index (χ3n) is 4.05. The minimum atomic E-state index is -3.62. The van der Waals surface area contributed by atoms with E-state index >= 15 is 0 Å². The first-order valence-corrected chi connectivity index (χ1v) is 10.4. The standard InChI is InChI=1S/C20H26N2O4S/c1-4-6-14-22(3)27(24,25)19-9-7-8-16(15-19)20(23)21-17-10-12-18(13-11-17)26-5-2/h7-13,15H,4-6,14H2,1-3H3,(H,21,23). The molecule has 0 fully saturated rings. The van der Waals surface area contributed by atoms with Gasteiger partial charge in [0.1, 0.15) is 5.75 Å². The smallest absolute Gasteiger partial charge is 0.255 e. The van der Waals surface area contributed by atoms with Gasteiger partial charge in [-0.1, -0.05) is 19.4 Å². The largest absolute Gasteiger partial charge is 0.494 e. The highest BCUT2D eigenvalue weighted by atomic mass is 32.2. The molecule has 0 aromatic heterocycles. The Bertz CT molecular complexity index is 864. The molecule has 0 aliphatic rings. The number of hydrogen-bond donors (Lipinski definition) is 1. The number of rotatable bonds is 9. The van der Waals surface area contributed by atoms with Crippen LogP contribution in [0.3, 0.4) is 0 Å². The van der Waals surface area contributed by atoms with Crippen LogP contribution in [0.15, 0.2) is 53.4 Å². The van der Waals surface area contributed by atoms with Crippen LogP contribution in [0.1, 0.15) is 37.0 Å². The van der Waals surface area contributed by atoms with Crippen molar-refractivity contribution in [1.82, 2.24) is 4.31 Å². The van der Waals surface area contributed by atoms with E-state index in [1.807, 2.05) is 13.8 Å². The van der Waals surface area contributed by atoms with Crippen molar-refractivity contribution < 1.29 is 17.9 Å². The molecule has 1 amide bonds. The minimum absolute atomic E-state index is 0.112. The molecule has 7 heteroatoms. The molecular weight excluding hydrogens is 364 g/mol. The van der Waals surface area contributed by atoms with Crippen LogP contribution >= 0.6 is 0 Å². The first-order valence-electron chi connectivity index (χ1n) is 8.99. The molecule has 0 aliphatic carbocycles. The summed E-state index contributed by atoms with van der Waals surface area (Å²) in [6.45, 7) is 4.92. The van der Waals surface area contributed by atoms with E-state index in [-0.39, 0.29) is 16.4 Å². The normalized spacial score (nSPS) is 11.4. The second-order valence-corrected chi connectivity index (χ2v) is 8.16. The van der Waals surface area contributed by atoms with E-state index in [1.54, 1.807) is 43.4 Å². The lowest BCUT2D eigenvalue weighted by molar-refractivity contribution is 0.102. The molecule has 6 nitrogen and oxygen atoms in total.